The Morgan fingerprint density at radius 2 is 1.96 bits per heavy atom. The predicted octanol–water partition coefficient (Wildman–Crippen LogP) is 2.86. The molecule has 1 saturated heterocycles. The van der Waals surface area contributed by atoms with Crippen LogP contribution in [0, 0.1) is 5.82 Å². The Morgan fingerprint density at radius 3 is 2.72 bits per heavy atom. The highest BCUT2D eigenvalue weighted by atomic mass is 35.5. The number of aliphatic hydroxyl groups excluding tert-OH is 1. The SMILES string of the molecule is Oc1cc(F)c(-c2cnc3c(N4CCC(O)CC4)nccn23)cc1Cl. The van der Waals surface area contributed by atoms with Crippen molar-refractivity contribution in [1.29, 1.82) is 0 Å². The number of benzene rings is 1. The molecule has 1 aliphatic rings. The summed E-state index contributed by atoms with van der Waals surface area (Å²) in [6.45, 7) is 1.38. The average Bonchev–Trinajstić information content (AvgIpc) is 3.03. The zero-order chi connectivity index (χ0) is 17.6. The summed E-state index contributed by atoms with van der Waals surface area (Å²) in [6.07, 6.45) is 5.99. The lowest BCUT2D eigenvalue weighted by atomic mass is 10.1. The molecule has 0 radical (unpaired) electrons. The Labute approximate surface area is 148 Å². The smallest absolute Gasteiger partial charge is 0.180 e. The highest BCUT2D eigenvalue weighted by Gasteiger charge is 2.22. The van der Waals surface area contributed by atoms with E-state index in [4.69, 9.17) is 11.6 Å². The minimum atomic E-state index is -0.580. The van der Waals surface area contributed by atoms with Gasteiger partial charge >= 0.3 is 0 Å². The number of hydrogen-bond donors (Lipinski definition) is 2. The van der Waals surface area contributed by atoms with Crippen LogP contribution in [0.25, 0.3) is 16.9 Å². The number of fused-ring (bicyclic) bond motifs is 1. The van der Waals surface area contributed by atoms with Crippen LogP contribution in [0.3, 0.4) is 0 Å². The maximum atomic E-state index is 14.3. The number of halogens is 2. The molecule has 0 aliphatic carbocycles. The summed E-state index contributed by atoms with van der Waals surface area (Å²) in [4.78, 5) is 10.9. The molecule has 3 aromatic rings. The zero-order valence-corrected chi connectivity index (χ0v) is 14.0. The molecule has 130 valence electrons. The van der Waals surface area contributed by atoms with Crippen LogP contribution in [0.15, 0.2) is 30.7 Å². The van der Waals surface area contributed by atoms with Gasteiger partial charge in [-0.1, -0.05) is 11.6 Å². The zero-order valence-electron chi connectivity index (χ0n) is 13.2. The molecule has 1 aliphatic heterocycles. The number of rotatable bonds is 2. The number of aromatic hydroxyl groups is 1. The van der Waals surface area contributed by atoms with Crippen LogP contribution in [0.2, 0.25) is 5.02 Å². The van der Waals surface area contributed by atoms with Crippen molar-refractivity contribution in [2.24, 2.45) is 0 Å². The van der Waals surface area contributed by atoms with Crippen molar-refractivity contribution >= 4 is 23.1 Å². The van der Waals surface area contributed by atoms with E-state index in [1.54, 1.807) is 23.0 Å². The van der Waals surface area contributed by atoms with Crippen molar-refractivity contribution < 1.29 is 14.6 Å². The molecule has 0 saturated carbocycles. The van der Waals surface area contributed by atoms with Crippen LogP contribution >= 0.6 is 11.6 Å². The van der Waals surface area contributed by atoms with E-state index in [9.17, 15) is 14.6 Å². The van der Waals surface area contributed by atoms with Gasteiger partial charge in [0.15, 0.2) is 11.5 Å². The standard InChI is InChI=1S/C17H16ClFN4O2/c18-12-7-11(13(19)8-15(12)25)14-9-21-17-16(20-3-6-23(14)17)22-4-1-10(24)2-5-22/h3,6-10,24-25H,1-2,4-5H2. The van der Waals surface area contributed by atoms with E-state index in [0.717, 1.165) is 6.07 Å². The Bertz CT molecular complexity index is 938. The second kappa shape index (κ2) is 6.16. The number of hydrogen-bond acceptors (Lipinski definition) is 5. The molecule has 8 heteroatoms. The molecule has 25 heavy (non-hydrogen) atoms. The first kappa shape index (κ1) is 16.1. The molecule has 1 fully saturated rings. The van der Waals surface area contributed by atoms with Gasteiger partial charge in [0.2, 0.25) is 0 Å². The molecule has 2 aromatic heterocycles. The summed E-state index contributed by atoms with van der Waals surface area (Å²) < 4.78 is 16.1. The Kier molecular flexibility index (Phi) is 3.97. The van der Waals surface area contributed by atoms with Gasteiger partial charge in [-0.25, -0.2) is 14.4 Å². The summed E-state index contributed by atoms with van der Waals surface area (Å²) in [6, 6.07) is 2.37. The molecule has 0 bridgehead atoms. The first-order chi connectivity index (χ1) is 12.0. The van der Waals surface area contributed by atoms with Crippen molar-refractivity contribution in [3.8, 4) is 17.0 Å². The third kappa shape index (κ3) is 2.79. The van der Waals surface area contributed by atoms with Gasteiger partial charge in [0.25, 0.3) is 0 Å². The molecule has 0 amide bonds. The van der Waals surface area contributed by atoms with Gasteiger partial charge in [-0.05, 0) is 18.9 Å². The predicted molar refractivity (Wildman–Crippen MR) is 92.5 cm³/mol. The van der Waals surface area contributed by atoms with Gasteiger partial charge < -0.3 is 15.1 Å². The van der Waals surface area contributed by atoms with Crippen LogP contribution in [-0.2, 0) is 0 Å². The number of phenolic OH excluding ortho intramolecular Hbond substituents is 1. The van der Waals surface area contributed by atoms with Crippen LogP contribution in [0.4, 0.5) is 10.2 Å². The van der Waals surface area contributed by atoms with Gasteiger partial charge in [-0.2, -0.15) is 0 Å². The summed E-state index contributed by atoms with van der Waals surface area (Å²) in [5.74, 6) is -0.181. The van der Waals surface area contributed by atoms with Gasteiger partial charge in [-0.15, -0.1) is 0 Å². The molecular weight excluding hydrogens is 347 g/mol. The Balaban J connectivity index is 1.81. The van der Waals surface area contributed by atoms with E-state index in [2.05, 4.69) is 14.9 Å². The van der Waals surface area contributed by atoms with Crippen molar-refractivity contribution in [3.05, 3.63) is 41.6 Å². The first-order valence-corrected chi connectivity index (χ1v) is 8.36. The van der Waals surface area contributed by atoms with Crippen molar-refractivity contribution in [1.82, 2.24) is 14.4 Å². The van der Waals surface area contributed by atoms with Crippen molar-refractivity contribution in [2.45, 2.75) is 18.9 Å². The minimum Gasteiger partial charge on any atom is -0.506 e. The normalized spacial score (nSPS) is 15.9. The lowest BCUT2D eigenvalue weighted by Gasteiger charge is -2.30. The van der Waals surface area contributed by atoms with Crippen LogP contribution < -0.4 is 4.90 Å². The largest absolute Gasteiger partial charge is 0.506 e. The van der Waals surface area contributed by atoms with Gasteiger partial charge in [0.1, 0.15) is 11.6 Å². The molecule has 6 nitrogen and oxygen atoms in total. The number of aromatic nitrogens is 3. The summed E-state index contributed by atoms with van der Waals surface area (Å²) in [5, 5.41) is 19.3. The average molecular weight is 363 g/mol. The molecular formula is C17H16ClFN4O2. The number of imidazole rings is 1. The number of nitrogens with zero attached hydrogens (tertiary/aromatic N) is 4. The molecule has 0 unspecified atom stereocenters. The second-order valence-electron chi connectivity index (χ2n) is 6.09. The Hall–Kier alpha value is -2.38. The van der Waals surface area contributed by atoms with Gasteiger partial charge in [0.05, 0.1) is 23.0 Å². The van der Waals surface area contributed by atoms with E-state index in [0.29, 0.717) is 43.1 Å². The van der Waals surface area contributed by atoms with Crippen LogP contribution in [0.5, 0.6) is 5.75 Å². The molecule has 1 aromatic carbocycles. The molecule has 4 rings (SSSR count). The van der Waals surface area contributed by atoms with Crippen molar-refractivity contribution in [3.63, 3.8) is 0 Å². The molecule has 0 spiro atoms. The monoisotopic (exact) mass is 362 g/mol. The van der Waals surface area contributed by atoms with Gasteiger partial charge in [0, 0.05) is 37.1 Å². The fraction of sp³-hybridized carbons (Fsp3) is 0.294. The fourth-order valence-electron chi connectivity index (χ4n) is 3.14. The van der Waals surface area contributed by atoms with E-state index >= 15 is 0 Å². The first-order valence-electron chi connectivity index (χ1n) is 7.98. The van der Waals surface area contributed by atoms with E-state index in [1.165, 1.54) is 6.07 Å². The number of phenols is 1. The minimum absolute atomic E-state index is 0.0747. The van der Waals surface area contributed by atoms with E-state index in [1.807, 2.05) is 0 Å². The molecule has 0 atom stereocenters. The lowest BCUT2D eigenvalue weighted by Crippen LogP contribution is -2.36. The number of anilines is 1. The summed E-state index contributed by atoms with van der Waals surface area (Å²) in [5.41, 5.74) is 1.38. The number of aliphatic hydroxyl groups is 1. The molecule has 2 N–H and O–H groups in total. The highest BCUT2D eigenvalue weighted by Crippen LogP contribution is 2.33. The van der Waals surface area contributed by atoms with E-state index < -0.39 is 5.82 Å². The quantitative estimate of drug-likeness (QED) is 0.733. The van der Waals surface area contributed by atoms with Crippen LogP contribution in [-0.4, -0.2) is 43.8 Å². The fourth-order valence-corrected chi connectivity index (χ4v) is 3.30. The third-order valence-corrected chi connectivity index (χ3v) is 4.79. The second-order valence-corrected chi connectivity index (χ2v) is 6.50. The van der Waals surface area contributed by atoms with Crippen LogP contribution in [0.1, 0.15) is 12.8 Å². The maximum absolute atomic E-state index is 14.3. The third-order valence-electron chi connectivity index (χ3n) is 4.49. The summed E-state index contributed by atoms with van der Waals surface area (Å²) >= 11 is 5.93. The topological polar surface area (TPSA) is 73.9 Å². The summed E-state index contributed by atoms with van der Waals surface area (Å²) in [7, 11) is 0. The highest BCUT2D eigenvalue weighted by molar-refractivity contribution is 6.32. The number of piperidine rings is 1. The Morgan fingerprint density at radius 1 is 1.20 bits per heavy atom. The van der Waals surface area contributed by atoms with E-state index in [-0.39, 0.29) is 22.4 Å². The van der Waals surface area contributed by atoms with Crippen molar-refractivity contribution in [2.75, 3.05) is 18.0 Å². The lowest BCUT2D eigenvalue weighted by molar-refractivity contribution is 0.145. The van der Waals surface area contributed by atoms with Gasteiger partial charge in [-0.3, -0.25) is 4.40 Å². The maximum Gasteiger partial charge on any atom is 0.180 e. The molecule has 3 heterocycles.